The number of aromatic hydroxyl groups is 1. The topological polar surface area (TPSA) is 49.9 Å². The van der Waals surface area contributed by atoms with E-state index in [-0.39, 0.29) is 16.6 Å². The highest BCUT2D eigenvalue weighted by Gasteiger charge is 2.29. The number of thiazole rings is 1. The first-order valence-corrected chi connectivity index (χ1v) is 7.07. The summed E-state index contributed by atoms with van der Waals surface area (Å²) in [6, 6.07) is 4.26. The standard InChI is InChI=1S/C12H10F3N3OS2/c1-2-18-10(19)9(21-11(18)20)17-16-8-5-3-7(4-6-8)12(13,14)15/h3-6,19H,2H2,1H3. The molecule has 2 aromatic rings. The number of rotatable bonds is 3. The van der Waals surface area contributed by atoms with Gasteiger partial charge in [-0.2, -0.15) is 13.2 Å². The third-order valence-corrected chi connectivity index (χ3v) is 3.94. The van der Waals surface area contributed by atoms with Crippen molar-refractivity contribution in [3.8, 4) is 5.88 Å². The van der Waals surface area contributed by atoms with Crippen molar-refractivity contribution >= 4 is 34.2 Å². The van der Waals surface area contributed by atoms with Crippen molar-refractivity contribution in [2.75, 3.05) is 0 Å². The number of nitrogens with zero attached hydrogens (tertiary/aromatic N) is 3. The Bertz CT molecular complexity index is 717. The maximum atomic E-state index is 12.4. The van der Waals surface area contributed by atoms with Gasteiger partial charge in [-0.25, -0.2) is 0 Å². The minimum absolute atomic E-state index is 0.0943. The Morgan fingerprint density at radius 1 is 1.24 bits per heavy atom. The first-order chi connectivity index (χ1) is 9.82. The normalized spacial score (nSPS) is 12.2. The number of benzene rings is 1. The number of hydrogen-bond donors (Lipinski definition) is 1. The van der Waals surface area contributed by atoms with Crippen molar-refractivity contribution in [3.63, 3.8) is 0 Å². The van der Waals surface area contributed by atoms with E-state index < -0.39 is 11.7 Å². The molecule has 1 N–H and O–H groups in total. The van der Waals surface area contributed by atoms with Gasteiger partial charge in [-0.3, -0.25) is 4.57 Å². The molecule has 112 valence electrons. The van der Waals surface area contributed by atoms with E-state index in [1.807, 2.05) is 6.92 Å². The van der Waals surface area contributed by atoms with E-state index >= 15 is 0 Å². The van der Waals surface area contributed by atoms with Crippen LogP contribution in [-0.4, -0.2) is 9.67 Å². The predicted octanol–water partition coefficient (Wildman–Crippen LogP) is 5.44. The van der Waals surface area contributed by atoms with Crippen molar-refractivity contribution < 1.29 is 18.3 Å². The minimum atomic E-state index is -4.38. The molecule has 0 fully saturated rings. The maximum absolute atomic E-state index is 12.4. The van der Waals surface area contributed by atoms with Crippen molar-refractivity contribution in [2.45, 2.75) is 19.6 Å². The Hall–Kier alpha value is -1.74. The predicted molar refractivity (Wildman–Crippen MR) is 76.1 cm³/mol. The van der Waals surface area contributed by atoms with Crippen LogP contribution in [0, 0.1) is 3.95 Å². The fourth-order valence-corrected chi connectivity index (χ4v) is 2.78. The maximum Gasteiger partial charge on any atom is 0.416 e. The molecule has 1 aromatic carbocycles. The van der Waals surface area contributed by atoms with Crippen LogP contribution < -0.4 is 0 Å². The van der Waals surface area contributed by atoms with Gasteiger partial charge in [0.25, 0.3) is 0 Å². The van der Waals surface area contributed by atoms with E-state index in [1.165, 1.54) is 16.7 Å². The highest BCUT2D eigenvalue weighted by Crippen LogP contribution is 2.36. The Kier molecular flexibility index (Phi) is 4.43. The Balaban J connectivity index is 2.24. The molecule has 0 spiro atoms. The lowest BCUT2D eigenvalue weighted by molar-refractivity contribution is -0.137. The summed E-state index contributed by atoms with van der Waals surface area (Å²) in [6.07, 6.45) is -4.38. The fourth-order valence-electron chi connectivity index (χ4n) is 1.55. The first-order valence-electron chi connectivity index (χ1n) is 5.84. The van der Waals surface area contributed by atoms with Crippen molar-refractivity contribution in [1.29, 1.82) is 0 Å². The minimum Gasteiger partial charge on any atom is -0.492 e. The summed E-state index contributed by atoms with van der Waals surface area (Å²) in [4.78, 5) is 0. The second-order valence-corrected chi connectivity index (χ2v) is 5.61. The number of aromatic nitrogens is 1. The number of alkyl halides is 3. The van der Waals surface area contributed by atoms with Gasteiger partial charge in [0.05, 0.1) is 11.3 Å². The lowest BCUT2D eigenvalue weighted by Crippen LogP contribution is -2.03. The van der Waals surface area contributed by atoms with Gasteiger partial charge in [0.1, 0.15) is 0 Å². The van der Waals surface area contributed by atoms with E-state index in [0.717, 1.165) is 23.5 Å². The van der Waals surface area contributed by atoms with E-state index in [1.54, 1.807) is 0 Å². The molecule has 0 aliphatic carbocycles. The third-order valence-electron chi connectivity index (χ3n) is 2.62. The van der Waals surface area contributed by atoms with Crippen LogP contribution in [0.2, 0.25) is 0 Å². The molecule has 4 nitrogen and oxygen atoms in total. The highest BCUT2D eigenvalue weighted by molar-refractivity contribution is 7.73. The number of halogens is 3. The average Bonchev–Trinajstić information content (AvgIpc) is 2.70. The van der Waals surface area contributed by atoms with Crippen LogP contribution >= 0.6 is 23.6 Å². The van der Waals surface area contributed by atoms with Gasteiger partial charge in [0.2, 0.25) is 10.9 Å². The number of azo groups is 1. The molecule has 2 rings (SSSR count). The van der Waals surface area contributed by atoms with Crippen molar-refractivity contribution in [2.24, 2.45) is 10.2 Å². The molecule has 0 bridgehead atoms. The van der Waals surface area contributed by atoms with E-state index in [0.29, 0.717) is 10.5 Å². The van der Waals surface area contributed by atoms with Crippen LogP contribution in [0.25, 0.3) is 0 Å². The van der Waals surface area contributed by atoms with Crippen LogP contribution in [0.15, 0.2) is 34.5 Å². The average molecular weight is 333 g/mol. The first kappa shape index (κ1) is 15.6. The zero-order valence-electron chi connectivity index (χ0n) is 10.8. The number of hydrogen-bond acceptors (Lipinski definition) is 5. The summed E-state index contributed by atoms with van der Waals surface area (Å²) in [5.41, 5.74) is -0.498. The Labute approximate surface area is 127 Å². The monoisotopic (exact) mass is 333 g/mol. The largest absolute Gasteiger partial charge is 0.492 e. The second kappa shape index (κ2) is 5.94. The quantitative estimate of drug-likeness (QED) is 0.601. The van der Waals surface area contributed by atoms with Crippen molar-refractivity contribution in [3.05, 3.63) is 33.8 Å². The molecule has 0 amide bonds. The second-order valence-electron chi connectivity index (χ2n) is 3.99. The zero-order valence-corrected chi connectivity index (χ0v) is 12.4. The summed E-state index contributed by atoms with van der Waals surface area (Å²) in [7, 11) is 0. The lowest BCUT2D eigenvalue weighted by atomic mass is 10.2. The zero-order chi connectivity index (χ0) is 15.6. The van der Waals surface area contributed by atoms with Gasteiger partial charge in [-0.05, 0) is 43.4 Å². The van der Waals surface area contributed by atoms with Gasteiger partial charge in [0.15, 0.2) is 3.95 Å². The molecule has 0 radical (unpaired) electrons. The van der Waals surface area contributed by atoms with Crippen LogP contribution in [-0.2, 0) is 12.7 Å². The van der Waals surface area contributed by atoms with Gasteiger partial charge in [0, 0.05) is 6.54 Å². The summed E-state index contributed by atoms with van der Waals surface area (Å²) in [5.74, 6) is -0.0943. The molecule has 0 atom stereocenters. The molecule has 0 aliphatic rings. The smallest absolute Gasteiger partial charge is 0.416 e. The van der Waals surface area contributed by atoms with Crippen LogP contribution in [0.1, 0.15) is 12.5 Å². The lowest BCUT2D eigenvalue weighted by Gasteiger charge is -2.05. The van der Waals surface area contributed by atoms with Gasteiger partial charge in [-0.1, -0.05) is 11.3 Å². The Morgan fingerprint density at radius 3 is 2.33 bits per heavy atom. The molecule has 0 aliphatic heterocycles. The SMILES string of the molecule is CCn1c(O)c(N=Nc2ccc(C(F)(F)F)cc2)sc1=S. The van der Waals surface area contributed by atoms with E-state index in [2.05, 4.69) is 10.2 Å². The van der Waals surface area contributed by atoms with Gasteiger partial charge >= 0.3 is 6.18 Å². The van der Waals surface area contributed by atoms with E-state index in [9.17, 15) is 18.3 Å². The van der Waals surface area contributed by atoms with Crippen LogP contribution in [0.4, 0.5) is 23.9 Å². The molecular formula is C12H10F3N3OS2. The van der Waals surface area contributed by atoms with Gasteiger partial charge in [-0.15, -0.1) is 10.2 Å². The fraction of sp³-hybridized carbons (Fsp3) is 0.250. The molecule has 1 heterocycles. The molecule has 9 heteroatoms. The molecule has 0 saturated carbocycles. The van der Waals surface area contributed by atoms with Crippen LogP contribution in [0.3, 0.4) is 0 Å². The Morgan fingerprint density at radius 2 is 1.86 bits per heavy atom. The summed E-state index contributed by atoms with van der Waals surface area (Å²) >= 11 is 6.12. The molecule has 0 saturated heterocycles. The van der Waals surface area contributed by atoms with Crippen molar-refractivity contribution in [1.82, 2.24) is 4.57 Å². The summed E-state index contributed by atoms with van der Waals surface area (Å²) < 4.78 is 39.2. The molecule has 21 heavy (non-hydrogen) atoms. The van der Waals surface area contributed by atoms with Gasteiger partial charge < -0.3 is 5.11 Å². The highest BCUT2D eigenvalue weighted by atomic mass is 32.1. The van der Waals surface area contributed by atoms with E-state index in [4.69, 9.17) is 12.2 Å². The molecular weight excluding hydrogens is 323 g/mol. The summed E-state index contributed by atoms with van der Waals surface area (Å²) in [6.45, 7) is 2.32. The molecule has 0 unspecified atom stereocenters. The third kappa shape index (κ3) is 3.48. The summed E-state index contributed by atoms with van der Waals surface area (Å²) in [5, 5.41) is 17.7. The molecule has 1 aromatic heterocycles. The van der Waals surface area contributed by atoms with Crippen LogP contribution in [0.5, 0.6) is 5.88 Å².